The standard InChI is InChI=1S/C15H25N3O4/c1-2-3-4-8-18(10-6-11(19)20)9-5-7-17-13-12(16)14(21)15(13)22/h17H,2-10,16H2,1H3,(H,19,20). The summed E-state index contributed by atoms with van der Waals surface area (Å²) >= 11 is 0. The zero-order valence-corrected chi connectivity index (χ0v) is 13.1. The lowest BCUT2D eigenvalue weighted by molar-refractivity contribution is -0.137. The summed E-state index contributed by atoms with van der Waals surface area (Å²) in [6.45, 7) is 4.82. The number of anilines is 2. The third kappa shape index (κ3) is 5.48. The molecule has 0 radical (unpaired) electrons. The van der Waals surface area contributed by atoms with Crippen LogP contribution in [0, 0.1) is 0 Å². The van der Waals surface area contributed by atoms with E-state index in [4.69, 9.17) is 10.8 Å². The zero-order valence-electron chi connectivity index (χ0n) is 13.1. The van der Waals surface area contributed by atoms with Gasteiger partial charge in [0.05, 0.1) is 6.42 Å². The van der Waals surface area contributed by atoms with Crippen molar-refractivity contribution < 1.29 is 9.90 Å². The van der Waals surface area contributed by atoms with Gasteiger partial charge in [-0.1, -0.05) is 19.8 Å². The van der Waals surface area contributed by atoms with E-state index in [-0.39, 0.29) is 17.8 Å². The summed E-state index contributed by atoms with van der Waals surface area (Å²) in [5, 5.41) is 11.7. The minimum Gasteiger partial charge on any atom is -0.481 e. The summed E-state index contributed by atoms with van der Waals surface area (Å²) in [4.78, 5) is 35.0. The van der Waals surface area contributed by atoms with Crippen molar-refractivity contribution in [3.63, 3.8) is 0 Å². The fourth-order valence-corrected chi connectivity index (χ4v) is 2.28. The maximum Gasteiger partial charge on any atom is 0.304 e. The van der Waals surface area contributed by atoms with Crippen molar-refractivity contribution in [3.05, 3.63) is 20.4 Å². The molecule has 0 unspecified atom stereocenters. The smallest absolute Gasteiger partial charge is 0.304 e. The van der Waals surface area contributed by atoms with Crippen LogP contribution in [0.3, 0.4) is 0 Å². The van der Waals surface area contributed by atoms with Crippen LogP contribution in [0.5, 0.6) is 0 Å². The summed E-state index contributed by atoms with van der Waals surface area (Å²) in [6.07, 6.45) is 4.18. The van der Waals surface area contributed by atoms with Gasteiger partial charge in [0.1, 0.15) is 11.4 Å². The average molecular weight is 311 g/mol. The summed E-state index contributed by atoms with van der Waals surface area (Å²) < 4.78 is 0. The van der Waals surface area contributed by atoms with E-state index in [0.29, 0.717) is 13.1 Å². The molecule has 0 saturated heterocycles. The second-order valence-corrected chi connectivity index (χ2v) is 5.42. The molecule has 0 atom stereocenters. The van der Waals surface area contributed by atoms with Crippen molar-refractivity contribution in [2.24, 2.45) is 0 Å². The van der Waals surface area contributed by atoms with Crippen LogP contribution in [0.2, 0.25) is 0 Å². The fourth-order valence-electron chi connectivity index (χ4n) is 2.28. The van der Waals surface area contributed by atoms with Crippen LogP contribution in [0.4, 0.5) is 11.4 Å². The number of nitrogen functional groups attached to an aromatic ring is 1. The van der Waals surface area contributed by atoms with E-state index in [0.717, 1.165) is 38.8 Å². The Labute approximate surface area is 129 Å². The first-order valence-corrected chi connectivity index (χ1v) is 7.74. The number of nitrogens with one attached hydrogen (secondary N) is 1. The monoisotopic (exact) mass is 311 g/mol. The Morgan fingerprint density at radius 3 is 2.41 bits per heavy atom. The first-order valence-electron chi connectivity index (χ1n) is 7.74. The van der Waals surface area contributed by atoms with Crippen molar-refractivity contribution in [3.8, 4) is 0 Å². The van der Waals surface area contributed by atoms with Crippen molar-refractivity contribution in [1.29, 1.82) is 0 Å². The second kappa shape index (κ2) is 9.19. The van der Waals surface area contributed by atoms with E-state index in [2.05, 4.69) is 17.1 Å². The van der Waals surface area contributed by atoms with E-state index in [1.54, 1.807) is 0 Å². The van der Waals surface area contributed by atoms with Crippen molar-refractivity contribution in [1.82, 2.24) is 4.90 Å². The Morgan fingerprint density at radius 1 is 1.14 bits per heavy atom. The fraction of sp³-hybridized carbons (Fsp3) is 0.667. The minimum absolute atomic E-state index is 0.00989. The molecule has 22 heavy (non-hydrogen) atoms. The van der Waals surface area contributed by atoms with Gasteiger partial charge in [0, 0.05) is 13.1 Å². The molecular weight excluding hydrogens is 286 g/mol. The van der Waals surface area contributed by atoms with Crippen molar-refractivity contribution >= 4 is 17.3 Å². The van der Waals surface area contributed by atoms with Gasteiger partial charge < -0.3 is 21.1 Å². The average Bonchev–Trinajstić information content (AvgIpc) is 2.50. The van der Waals surface area contributed by atoms with E-state index in [1.165, 1.54) is 0 Å². The van der Waals surface area contributed by atoms with Crippen molar-refractivity contribution in [2.75, 3.05) is 37.2 Å². The maximum atomic E-state index is 11.2. The quantitative estimate of drug-likeness (QED) is 0.383. The SMILES string of the molecule is CCCCCN(CCCNc1c(N)c(=O)c1=O)CCC(=O)O. The Balaban J connectivity index is 2.31. The number of nitrogens with two attached hydrogens (primary N) is 1. The van der Waals surface area contributed by atoms with Gasteiger partial charge in [-0.3, -0.25) is 14.4 Å². The van der Waals surface area contributed by atoms with Gasteiger partial charge in [0.2, 0.25) is 0 Å². The third-order valence-electron chi connectivity index (χ3n) is 3.62. The lowest BCUT2D eigenvalue weighted by Gasteiger charge is -2.21. The van der Waals surface area contributed by atoms with Crippen LogP contribution < -0.4 is 21.9 Å². The first kappa shape index (κ1) is 18.2. The van der Waals surface area contributed by atoms with Gasteiger partial charge in [-0.05, 0) is 25.9 Å². The molecule has 0 aliphatic carbocycles. The predicted molar refractivity (Wildman–Crippen MR) is 87.1 cm³/mol. The molecule has 0 amide bonds. The summed E-state index contributed by atoms with van der Waals surface area (Å²) in [5.41, 5.74) is 4.48. The van der Waals surface area contributed by atoms with Gasteiger partial charge >= 0.3 is 5.97 Å². The number of carbonyl (C=O) groups is 1. The Bertz CT molecular complexity index is 549. The lowest BCUT2D eigenvalue weighted by atomic mass is 10.2. The highest BCUT2D eigenvalue weighted by molar-refractivity contribution is 5.71. The molecule has 7 heteroatoms. The van der Waals surface area contributed by atoms with Crippen LogP contribution in [0.25, 0.3) is 0 Å². The van der Waals surface area contributed by atoms with E-state index in [9.17, 15) is 14.4 Å². The van der Waals surface area contributed by atoms with Crippen LogP contribution >= 0.6 is 0 Å². The maximum absolute atomic E-state index is 11.2. The first-order chi connectivity index (χ1) is 10.5. The lowest BCUT2D eigenvalue weighted by Crippen LogP contribution is -2.37. The Kier molecular flexibility index (Phi) is 7.59. The third-order valence-corrected chi connectivity index (χ3v) is 3.62. The molecule has 1 aromatic rings. The molecular formula is C15H25N3O4. The summed E-state index contributed by atoms with van der Waals surface area (Å²) in [7, 11) is 0. The number of carboxylic acids is 1. The molecule has 1 aromatic carbocycles. The molecule has 1 rings (SSSR count). The molecule has 0 spiro atoms. The number of hydrogen-bond acceptors (Lipinski definition) is 6. The molecule has 4 N–H and O–H groups in total. The molecule has 0 aliphatic rings. The summed E-state index contributed by atoms with van der Waals surface area (Å²) in [6, 6.07) is 0. The van der Waals surface area contributed by atoms with E-state index in [1.807, 2.05) is 0 Å². The van der Waals surface area contributed by atoms with Gasteiger partial charge in [-0.2, -0.15) is 0 Å². The van der Waals surface area contributed by atoms with Crippen molar-refractivity contribution in [2.45, 2.75) is 39.0 Å². The molecule has 0 heterocycles. The zero-order chi connectivity index (χ0) is 16.5. The summed E-state index contributed by atoms with van der Waals surface area (Å²) in [5.74, 6) is -0.796. The normalized spacial score (nSPS) is 11.2. The van der Waals surface area contributed by atoms with Crippen LogP contribution in [0.1, 0.15) is 39.0 Å². The topological polar surface area (TPSA) is 113 Å². The molecule has 0 bridgehead atoms. The molecule has 0 saturated carbocycles. The van der Waals surface area contributed by atoms with E-state index < -0.39 is 16.8 Å². The van der Waals surface area contributed by atoms with Gasteiger partial charge in [0.25, 0.3) is 10.9 Å². The Morgan fingerprint density at radius 2 is 1.82 bits per heavy atom. The molecule has 0 fully saturated rings. The highest BCUT2D eigenvalue weighted by Gasteiger charge is 2.17. The number of nitrogens with zero attached hydrogens (tertiary/aromatic N) is 1. The van der Waals surface area contributed by atoms with Gasteiger partial charge in [0.15, 0.2) is 0 Å². The van der Waals surface area contributed by atoms with Gasteiger partial charge in [-0.15, -0.1) is 0 Å². The molecule has 7 nitrogen and oxygen atoms in total. The van der Waals surface area contributed by atoms with E-state index >= 15 is 0 Å². The number of carboxylic acid groups (broad SMARTS) is 1. The second-order valence-electron chi connectivity index (χ2n) is 5.42. The Hall–Kier alpha value is -1.89. The van der Waals surface area contributed by atoms with Gasteiger partial charge in [-0.25, -0.2) is 0 Å². The minimum atomic E-state index is -0.796. The highest BCUT2D eigenvalue weighted by atomic mass is 16.4. The predicted octanol–water partition coefficient (Wildman–Crippen LogP) is 0.634. The number of unbranched alkanes of at least 4 members (excludes halogenated alkanes) is 2. The molecule has 0 aliphatic heterocycles. The largest absolute Gasteiger partial charge is 0.481 e. The number of rotatable bonds is 12. The highest BCUT2D eigenvalue weighted by Crippen LogP contribution is 2.09. The molecule has 124 valence electrons. The van der Waals surface area contributed by atoms with Crippen LogP contribution in [-0.2, 0) is 4.79 Å². The van der Waals surface area contributed by atoms with Crippen LogP contribution in [-0.4, -0.2) is 42.2 Å². The number of hydrogen-bond donors (Lipinski definition) is 3. The molecule has 0 aromatic heterocycles. The number of aliphatic carboxylic acids is 1. The van der Waals surface area contributed by atoms with Crippen LogP contribution in [0.15, 0.2) is 9.59 Å².